The molecular formula is C14H18N2O2S. The van der Waals surface area contributed by atoms with Crippen LogP contribution in [-0.2, 0) is 0 Å². The van der Waals surface area contributed by atoms with E-state index in [1.165, 1.54) is 0 Å². The average molecular weight is 278 g/mol. The van der Waals surface area contributed by atoms with E-state index in [4.69, 9.17) is 4.74 Å². The summed E-state index contributed by atoms with van der Waals surface area (Å²) < 4.78 is 5.39. The monoisotopic (exact) mass is 278 g/mol. The standard InChI is InChI=1S/C14H18N2O2S/c1-4-18-13-7-10(5-6-12(13)17)14-16-11(8-19-14)9(2)15-3/h5-9,15,17H,4H2,1-3H3. The number of aromatic hydroxyl groups is 1. The van der Waals surface area contributed by atoms with Crippen LogP contribution in [0.15, 0.2) is 23.6 Å². The molecule has 1 atom stereocenters. The van der Waals surface area contributed by atoms with Gasteiger partial charge in [-0.25, -0.2) is 4.98 Å². The summed E-state index contributed by atoms with van der Waals surface area (Å²) in [7, 11) is 1.91. The summed E-state index contributed by atoms with van der Waals surface area (Å²) in [4.78, 5) is 4.60. The van der Waals surface area contributed by atoms with Crippen molar-refractivity contribution in [1.29, 1.82) is 0 Å². The molecule has 0 saturated heterocycles. The fraction of sp³-hybridized carbons (Fsp3) is 0.357. The predicted molar refractivity (Wildman–Crippen MR) is 77.9 cm³/mol. The molecule has 1 unspecified atom stereocenters. The molecule has 0 amide bonds. The summed E-state index contributed by atoms with van der Waals surface area (Å²) in [5, 5.41) is 15.8. The van der Waals surface area contributed by atoms with Gasteiger partial charge in [0.25, 0.3) is 0 Å². The van der Waals surface area contributed by atoms with Gasteiger partial charge in [-0.15, -0.1) is 11.3 Å². The van der Waals surface area contributed by atoms with E-state index in [1.54, 1.807) is 17.4 Å². The van der Waals surface area contributed by atoms with E-state index in [0.717, 1.165) is 16.3 Å². The molecule has 2 rings (SSSR count). The lowest BCUT2D eigenvalue weighted by molar-refractivity contribution is 0.318. The molecular weight excluding hydrogens is 260 g/mol. The van der Waals surface area contributed by atoms with Crippen LogP contribution in [0.3, 0.4) is 0 Å². The average Bonchev–Trinajstić information content (AvgIpc) is 2.90. The predicted octanol–water partition coefficient (Wildman–Crippen LogP) is 3.19. The lowest BCUT2D eigenvalue weighted by atomic mass is 10.2. The van der Waals surface area contributed by atoms with Crippen molar-refractivity contribution in [3.05, 3.63) is 29.3 Å². The Balaban J connectivity index is 2.31. The first-order valence-corrected chi connectivity index (χ1v) is 7.12. The van der Waals surface area contributed by atoms with Crippen molar-refractivity contribution in [2.24, 2.45) is 0 Å². The zero-order chi connectivity index (χ0) is 13.8. The van der Waals surface area contributed by atoms with Crippen LogP contribution in [-0.4, -0.2) is 23.7 Å². The summed E-state index contributed by atoms with van der Waals surface area (Å²) in [6.07, 6.45) is 0. The number of aromatic nitrogens is 1. The van der Waals surface area contributed by atoms with Gasteiger partial charge in [-0.3, -0.25) is 0 Å². The van der Waals surface area contributed by atoms with E-state index in [0.29, 0.717) is 12.4 Å². The van der Waals surface area contributed by atoms with Crippen LogP contribution in [0.1, 0.15) is 25.6 Å². The lowest BCUT2D eigenvalue weighted by Gasteiger charge is -2.07. The quantitative estimate of drug-likeness (QED) is 0.882. The molecule has 0 bridgehead atoms. The normalized spacial score (nSPS) is 12.4. The fourth-order valence-electron chi connectivity index (χ4n) is 1.68. The Morgan fingerprint density at radius 2 is 2.26 bits per heavy atom. The van der Waals surface area contributed by atoms with Gasteiger partial charge < -0.3 is 15.2 Å². The van der Waals surface area contributed by atoms with E-state index >= 15 is 0 Å². The highest BCUT2D eigenvalue weighted by molar-refractivity contribution is 7.13. The highest BCUT2D eigenvalue weighted by Gasteiger charge is 2.11. The van der Waals surface area contributed by atoms with Gasteiger partial charge >= 0.3 is 0 Å². The van der Waals surface area contributed by atoms with Gasteiger partial charge in [-0.05, 0) is 39.1 Å². The first-order valence-electron chi connectivity index (χ1n) is 6.24. The van der Waals surface area contributed by atoms with Crippen molar-refractivity contribution < 1.29 is 9.84 Å². The molecule has 1 aromatic carbocycles. The van der Waals surface area contributed by atoms with Crippen molar-refractivity contribution >= 4 is 11.3 Å². The maximum Gasteiger partial charge on any atom is 0.161 e. The van der Waals surface area contributed by atoms with Gasteiger partial charge in [0.15, 0.2) is 11.5 Å². The lowest BCUT2D eigenvalue weighted by Crippen LogP contribution is -2.12. The van der Waals surface area contributed by atoms with Crippen molar-refractivity contribution in [1.82, 2.24) is 10.3 Å². The SMILES string of the molecule is CCOc1cc(-c2nc(C(C)NC)cs2)ccc1O. The highest BCUT2D eigenvalue weighted by atomic mass is 32.1. The van der Waals surface area contributed by atoms with E-state index < -0.39 is 0 Å². The third-order valence-electron chi connectivity index (χ3n) is 2.91. The Labute approximate surface area is 117 Å². The second-order valence-corrected chi connectivity index (χ2v) is 5.06. The molecule has 4 nitrogen and oxygen atoms in total. The van der Waals surface area contributed by atoms with Crippen LogP contribution in [0.2, 0.25) is 0 Å². The number of phenols is 1. The number of nitrogens with one attached hydrogen (secondary N) is 1. The molecule has 1 aromatic heterocycles. The number of ether oxygens (including phenoxy) is 1. The minimum absolute atomic E-state index is 0.158. The summed E-state index contributed by atoms with van der Waals surface area (Å²) in [5.41, 5.74) is 1.98. The van der Waals surface area contributed by atoms with Gasteiger partial charge in [0, 0.05) is 17.0 Å². The van der Waals surface area contributed by atoms with Crippen molar-refractivity contribution in [3.63, 3.8) is 0 Å². The molecule has 1 heterocycles. The molecule has 0 fully saturated rings. The first-order chi connectivity index (χ1) is 9.15. The molecule has 2 N–H and O–H groups in total. The largest absolute Gasteiger partial charge is 0.504 e. The van der Waals surface area contributed by atoms with Crippen LogP contribution in [0, 0.1) is 0 Å². The van der Waals surface area contributed by atoms with Crippen molar-refractivity contribution in [3.8, 4) is 22.1 Å². The summed E-state index contributed by atoms with van der Waals surface area (Å²) >= 11 is 1.59. The molecule has 102 valence electrons. The Hall–Kier alpha value is -1.59. The zero-order valence-electron chi connectivity index (χ0n) is 11.3. The van der Waals surface area contributed by atoms with E-state index in [-0.39, 0.29) is 11.8 Å². The topological polar surface area (TPSA) is 54.4 Å². The Kier molecular flexibility index (Phi) is 4.39. The highest BCUT2D eigenvalue weighted by Crippen LogP contribution is 2.33. The van der Waals surface area contributed by atoms with E-state index in [2.05, 4.69) is 17.2 Å². The second-order valence-electron chi connectivity index (χ2n) is 4.20. The minimum atomic E-state index is 0.158. The third kappa shape index (κ3) is 3.05. The smallest absolute Gasteiger partial charge is 0.161 e. The van der Waals surface area contributed by atoms with Crippen LogP contribution in [0.25, 0.3) is 10.6 Å². The first kappa shape index (κ1) is 13.8. The van der Waals surface area contributed by atoms with Crippen LogP contribution >= 0.6 is 11.3 Å². The number of rotatable bonds is 5. The number of hydrogen-bond donors (Lipinski definition) is 2. The van der Waals surface area contributed by atoms with Crippen molar-refractivity contribution in [2.75, 3.05) is 13.7 Å². The molecule has 0 spiro atoms. The van der Waals surface area contributed by atoms with Crippen LogP contribution < -0.4 is 10.1 Å². The maximum atomic E-state index is 9.69. The van der Waals surface area contributed by atoms with Gasteiger partial charge in [0.1, 0.15) is 5.01 Å². The third-order valence-corrected chi connectivity index (χ3v) is 3.81. The van der Waals surface area contributed by atoms with Gasteiger partial charge in [-0.2, -0.15) is 0 Å². The van der Waals surface area contributed by atoms with Gasteiger partial charge in [0.2, 0.25) is 0 Å². The Morgan fingerprint density at radius 3 is 2.95 bits per heavy atom. The van der Waals surface area contributed by atoms with Crippen LogP contribution in [0.4, 0.5) is 0 Å². The Bertz CT molecular complexity index is 554. The number of nitrogens with zero attached hydrogens (tertiary/aromatic N) is 1. The molecule has 0 aliphatic carbocycles. The summed E-state index contributed by atoms with van der Waals surface area (Å²) in [5.74, 6) is 0.657. The number of phenolic OH excluding ortho intramolecular Hbond substituents is 1. The number of benzene rings is 1. The second kappa shape index (κ2) is 6.04. The molecule has 0 aliphatic heterocycles. The maximum absolute atomic E-state index is 9.69. The number of thiazole rings is 1. The van der Waals surface area contributed by atoms with Gasteiger partial charge in [-0.1, -0.05) is 0 Å². The zero-order valence-corrected chi connectivity index (χ0v) is 12.1. The van der Waals surface area contributed by atoms with Gasteiger partial charge in [0.05, 0.1) is 12.3 Å². The molecule has 5 heteroatoms. The van der Waals surface area contributed by atoms with Crippen molar-refractivity contribution in [2.45, 2.75) is 19.9 Å². The molecule has 19 heavy (non-hydrogen) atoms. The summed E-state index contributed by atoms with van der Waals surface area (Å²) in [6, 6.07) is 5.55. The van der Waals surface area contributed by atoms with E-state index in [9.17, 15) is 5.11 Å². The summed E-state index contributed by atoms with van der Waals surface area (Å²) in [6.45, 7) is 4.49. The molecule has 2 aromatic rings. The molecule has 0 radical (unpaired) electrons. The van der Waals surface area contributed by atoms with E-state index in [1.807, 2.05) is 31.5 Å². The Morgan fingerprint density at radius 1 is 1.47 bits per heavy atom. The van der Waals surface area contributed by atoms with Crippen LogP contribution in [0.5, 0.6) is 11.5 Å². The number of hydrogen-bond acceptors (Lipinski definition) is 5. The molecule has 0 aliphatic rings. The fourth-order valence-corrected chi connectivity index (χ4v) is 2.59. The molecule has 0 saturated carbocycles. The minimum Gasteiger partial charge on any atom is -0.504 e.